The molecular weight excluding hydrogens is 438 g/mol. The molecule has 2 amide bonds. The number of benzene rings is 3. The normalized spacial score (nSPS) is 10.3. The first-order chi connectivity index (χ1) is 16.1. The maximum atomic E-state index is 12.6. The Morgan fingerprint density at radius 1 is 0.879 bits per heavy atom. The first-order valence-corrected chi connectivity index (χ1v) is 11.2. The second-order valence-electron chi connectivity index (χ2n) is 7.31. The minimum absolute atomic E-state index is 0.0418. The summed E-state index contributed by atoms with van der Waals surface area (Å²) in [4.78, 5) is 24.6. The summed E-state index contributed by atoms with van der Waals surface area (Å²) < 4.78 is 11.3. The minimum atomic E-state index is -0.445. The molecule has 0 atom stereocenters. The molecular formula is C25H27N3O4S. The van der Waals surface area contributed by atoms with Gasteiger partial charge < -0.3 is 9.47 Å². The summed E-state index contributed by atoms with van der Waals surface area (Å²) in [7, 11) is 0. The van der Waals surface area contributed by atoms with Crippen molar-refractivity contribution in [1.29, 1.82) is 0 Å². The molecule has 3 aromatic rings. The zero-order valence-corrected chi connectivity index (χ0v) is 19.2. The Bertz CT molecular complexity index is 1120. The number of fused-ring (bicyclic) bond motifs is 1. The van der Waals surface area contributed by atoms with Crippen LogP contribution < -0.4 is 25.6 Å². The van der Waals surface area contributed by atoms with Crippen LogP contribution in [0.25, 0.3) is 10.8 Å². The van der Waals surface area contributed by atoms with E-state index < -0.39 is 11.8 Å². The summed E-state index contributed by atoms with van der Waals surface area (Å²) in [6.45, 7) is 2.44. The number of hydrogen-bond donors (Lipinski definition) is 3. The van der Waals surface area contributed by atoms with Crippen LogP contribution in [0, 0.1) is 0 Å². The third-order valence-electron chi connectivity index (χ3n) is 4.77. The molecule has 0 aliphatic heterocycles. The molecule has 172 valence electrons. The van der Waals surface area contributed by atoms with Gasteiger partial charge in [-0.3, -0.25) is 25.8 Å². The molecule has 0 aliphatic rings. The Hall–Kier alpha value is -3.65. The van der Waals surface area contributed by atoms with Crippen molar-refractivity contribution in [2.45, 2.75) is 26.2 Å². The molecule has 33 heavy (non-hydrogen) atoms. The smallest absolute Gasteiger partial charge is 0.276 e. The van der Waals surface area contributed by atoms with Crippen LogP contribution in [0.4, 0.5) is 0 Å². The molecule has 0 aromatic heterocycles. The molecule has 0 saturated carbocycles. The van der Waals surface area contributed by atoms with Gasteiger partial charge in [0.2, 0.25) is 0 Å². The average Bonchev–Trinajstić information content (AvgIpc) is 2.84. The number of unbranched alkanes of at least 4 members (excludes halogenated alkanes) is 2. The van der Waals surface area contributed by atoms with E-state index in [1.807, 2.05) is 36.4 Å². The van der Waals surface area contributed by atoms with Crippen LogP contribution in [0.15, 0.2) is 66.7 Å². The predicted octanol–water partition coefficient (Wildman–Crippen LogP) is 4.12. The predicted molar refractivity (Wildman–Crippen MR) is 132 cm³/mol. The second-order valence-corrected chi connectivity index (χ2v) is 7.71. The Labute approximate surface area is 198 Å². The van der Waals surface area contributed by atoms with Crippen molar-refractivity contribution in [1.82, 2.24) is 16.2 Å². The number of hydrazine groups is 1. The zero-order chi connectivity index (χ0) is 23.5. The van der Waals surface area contributed by atoms with Crippen molar-refractivity contribution in [2.24, 2.45) is 0 Å². The maximum Gasteiger partial charge on any atom is 0.276 e. The van der Waals surface area contributed by atoms with E-state index in [2.05, 4.69) is 23.1 Å². The van der Waals surface area contributed by atoms with E-state index in [1.165, 1.54) is 0 Å². The summed E-state index contributed by atoms with van der Waals surface area (Å²) in [6, 6.07) is 20.4. The zero-order valence-electron chi connectivity index (χ0n) is 18.4. The molecule has 0 heterocycles. The lowest BCUT2D eigenvalue weighted by molar-refractivity contribution is -0.123. The van der Waals surface area contributed by atoms with Crippen LogP contribution in [0.1, 0.15) is 36.5 Å². The van der Waals surface area contributed by atoms with Crippen molar-refractivity contribution in [3.05, 3.63) is 72.3 Å². The fourth-order valence-corrected chi connectivity index (χ4v) is 3.23. The highest BCUT2D eigenvalue weighted by Crippen LogP contribution is 2.20. The molecule has 7 nitrogen and oxygen atoms in total. The van der Waals surface area contributed by atoms with E-state index in [0.717, 1.165) is 30.0 Å². The SMILES string of the molecule is CCCCCOc1ccccc1C(=O)NC(=S)NNC(=O)COc1ccc2ccccc2c1. The van der Waals surface area contributed by atoms with Gasteiger partial charge in [-0.2, -0.15) is 0 Å². The molecule has 0 aliphatic carbocycles. The van der Waals surface area contributed by atoms with Crippen molar-refractivity contribution in [3.63, 3.8) is 0 Å². The molecule has 0 fully saturated rings. The number of hydrogen-bond acceptors (Lipinski definition) is 5. The molecule has 0 unspecified atom stereocenters. The van der Waals surface area contributed by atoms with Crippen molar-refractivity contribution < 1.29 is 19.1 Å². The summed E-state index contributed by atoms with van der Waals surface area (Å²) in [5.74, 6) is 0.191. The van der Waals surface area contributed by atoms with Crippen LogP contribution in [0.2, 0.25) is 0 Å². The summed E-state index contributed by atoms with van der Waals surface area (Å²) in [5.41, 5.74) is 5.28. The number of rotatable bonds is 9. The quantitative estimate of drug-likeness (QED) is 0.250. The molecule has 8 heteroatoms. The van der Waals surface area contributed by atoms with Gasteiger partial charge in [0.15, 0.2) is 11.7 Å². The fourth-order valence-electron chi connectivity index (χ4n) is 3.08. The van der Waals surface area contributed by atoms with Crippen molar-refractivity contribution >= 4 is 39.9 Å². The molecule has 0 radical (unpaired) electrons. The highest BCUT2D eigenvalue weighted by molar-refractivity contribution is 7.80. The topological polar surface area (TPSA) is 88.7 Å². The number of thiocarbonyl (C=S) groups is 1. The number of para-hydroxylation sites is 1. The maximum absolute atomic E-state index is 12.6. The van der Waals surface area contributed by atoms with Gasteiger partial charge in [0.1, 0.15) is 11.5 Å². The lowest BCUT2D eigenvalue weighted by Crippen LogP contribution is -2.49. The van der Waals surface area contributed by atoms with E-state index in [-0.39, 0.29) is 11.7 Å². The number of nitrogens with one attached hydrogen (secondary N) is 3. The third kappa shape index (κ3) is 7.47. The summed E-state index contributed by atoms with van der Waals surface area (Å²) in [5, 5.41) is 4.60. The largest absolute Gasteiger partial charge is 0.493 e. The van der Waals surface area contributed by atoms with Crippen LogP contribution in [0.5, 0.6) is 11.5 Å². The van der Waals surface area contributed by atoms with Gasteiger partial charge in [-0.15, -0.1) is 0 Å². The lowest BCUT2D eigenvalue weighted by atomic mass is 10.1. The Morgan fingerprint density at radius 2 is 1.64 bits per heavy atom. The fraction of sp³-hybridized carbons (Fsp3) is 0.240. The van der Waals surface area contributed by atoms with E-state index in [4.69, 9.17) is 21.7 Å². The van der Waals surface area contributed by atoms with Crippen LogP contribution in [-0.2, 0) is 4.79 Å². The van der Waals surface area contributed by atoms with Gasteiger partial charge in [0, 0.05) is 0 Å². The molecule has 0 bridgehead atoms. The van der Waals surface area contributed by atoms with Gasteiger partial charge in [-0.1, -0.05) is 62.2 Å². The molecule has 3 N–H and O–H groups in total. The Balaban J connectivity index is 1.43. The minimum Gasteiger partial charge on any atom is -0.493 e. The van der Waals surface area contributed by atoms with Crippen LogP contribution >= 0.6 is 12.2 Å². The lowest BCUT2D eigenvalue weighted by Gasteiger charge is -2.13. The first-order valence-electron chi connectivity index (χ1n) is 10.8. The Morgan fingerprint density at radius 3 is 2.45 bits per heavy atom. The molecule has 3 rings (SSSR count). The number of carbonyl (C=O) groups excluding carboxylic acids is 2. The number of ether oxygens (including phenoxy) is 2. The van der Waals surface area contributed by atoms with E-state index in [9.17, 15) is 9.59 Å². The summed E-state index contributed by atoms with van der Waals surface area (Å²) in [6.07, 6.45) is 3.07. The number of amides is 2. The average molecular weight is 466 g/mol. The van der Waals surface area contributed by atoms with Gasteiger partial charge in [-0.25, -0.2) is 0 Å². The van der Waals surface area contributed by atoms with E-state index >= 15 is 0 Å². The van der Waals surface area contributed by atoms with Gasteiger partial charge in [0.05, 0.1) is 12.2 Å². The van der Waals surface area contributed by atoms with Crippen molar-refractivity contribution in [2.75, 3.05) is 13.2 Å². The van der Waals surface area contributed by atoms with Gasteiger partial charge in [0.25, 0.3) is 11.8 Å². The first kappa shape index (κ1) is 24.0. The van der Waals surface area contributed by atoms with Crippen LogP contribution in [-0.4, -0.2) is 30.1 Å². The monoisotopic (exact) mass is 465 g/mol. The Kier molecular flexibility index (Phi) is 9.02. The van der Waals surface area contributed by atoms with E-state index in [1.54, 1.807) is 30.3 Å². The second kappa shape index (κ2) is 12.4. The van der Waals surface area contributed by atoms with Crippen LogP contribution in [0.3, 0.4) is 0 Å². The van der Waals surface area contributed by atoms with Gasteiger partial charge in [-0.05, 0) is 53.7 Å². The third-order valence-corrected chi connectivity index (χ3v) is 4.97. The highest BCUT2D eigenvalue weighted by Gasteiger charge is 2.14. The van der Waals surface area contributed by atoms with E-state index in [0.29, 0.717) is 23.7 Å². The molecule has 0 spiro atoms. The highest BCUT2D eigenvalue weighted by atomic mass is 32.1. The van der Waals surface area contributed by atoms with Gasteiger partial charge >= 0.3 is 0 Å². The number of carbonyl (C=O) groups is 2. The molecule has 3 aromatic carbocycles. The van der Waals surface area contributed by atoms with Crippen molar-refractivity contribution in [3.8, 4) is 11.5 Å². The summed E-state index contributed by atoms with van der Waals surface area (Å²) >= 11 is 5.10. The molecule has 0 saturated heterocycles. The standard InChI is InChI=1S/C25H27N3O4S/c1-2-3-8-15-31-22-12-7-6-11-21(22)24(30)26-25(33)28-27-23(29)17-32-20-14-13-18-9-4-5-10-19(18)16-20/h4-7,9-14,16H,2-3,8,15,17H2,1H3,(H,27,29)(H2,26,28,30,33).